The maximum absolute atomic E-state index is 13.2. The SMILES string of the molecule is C=C1Cc2oc(=O)cc(Cc3cccc(F)c3)c2C(=O)N1. The Bertz CT molecular complexity index is 807. The molecular formula is C16H12FNO3. The first kappa shape index (κ1) is 13.3. The molecule has 0 saturated heterocycles. The molecule has 3 rings (SSSR count). The van der Waals surface area contributed by atoms with Gasteiger partial charge in [0.15, 0.2) is 0 Å². The number of carbonyl (C=O) groups is 1. The van der Waals surface area contributed by atoms with E-state index in [0.29, 0.717) is 28.1 Å². The molecule has 0 fully saturated rings. The summed E-state index contributed by atoms with van der Waals surface area (Å²) in [6.07, 6.45) is 0.568. The molecule has 0 bridgehead atoms. The molecule has 2 aromatic rings. The van der Waals surface area contributed by atoms with Gasteiger partial charge in [-0.25, -0.2) is 9.18 Å². The summed E-state index contributed by atoms with van der Waals surface area (Å²) in [7, 11) is 0. The quantitative estimate of drug-likeness (QED) is 0.920. The average molecular weight is 285 g/mol. The second-order valence-corrected chi connectivity index (χ2v) is 4.93. The van der Waals surface area contributed by atoms with Gasteiger partial charge in [0, 0.05) is 18.2 Å². The monoisotopic (exact) mass is 285 g/mol. The molecule has 1 aliphatic heterocycles. The van der Waals surface area contributed by atoms with Gasteiger partial charge in [0.2, 0.25) is 0 Å². The van der Waals surface area contributed by atoms with Crippen LogP contribution in [-0.4, -0.2) is 5.91 Å². The summed E-state index contributed by atoms with van der Waals surface area (Å²) >= 11 is 0. The molecule has 106 valence electrons. The number of nitrogens with one attached hydrogen (secondary N) is 1. The lowest BCUT2D eigenvalue weighted by Gasteiger charge is -2.19. The molecule has 1 aliphatic rings. The van der Waals surface area contributed by atoms with Crippen LogP contribution in [0.3, 0.4) is 0 Å². The van der Waals surface area contributed by atoms with E-state index in [-0.39, 0.29) is 24.6 Å². The van der Waals surface area contributed by atoms with Crippen molar-refractivity contribution >= 4 is 5.91 Å². The smallest absolute Gasteiger partial charge is 0.336 e. The maximum atomic E-state index is 13.2. The van der Waals surface area contributed by atoms with Crippen LogP contribution in [0.2, 0.25) is 0 Å². The van der Waals surface area contributed by atoms with Gasteiger partial charge in [0.25, 0.3) is 5.91 Å². The number of hydrogen-bond donors (Lipinski definition) is 1. The fourth-order valence-electron chi connectivity index (χ4n) is 2.46. The largest absolute Gasteiger partial charge is 0.427 e. The number of amides is 1. The van der Waals surface area contributed by atoms with E-state index in [4.69, 9.17) is 4.42 Å². The Morgan fingerprint density at radius 2 is 2.10 bits per heavy atom. The van der Waals surface area contributed by atoms with E-state index >= 15 is 0 Å². The molecule has 1 aromatic heterocycles. The predicted molar refractivity (Wildman–Crippen MR) is 74.5 cm³/mol. The number of halogens is 1. The number of hydrogen-bond acceptors (Lipinski definition) is 3. The van der Waals surface area contributed by atoms with Crippen molar-refractivity contribution in [3.63, 3.8) is 0 Å². The molecule has 1 N–H and O–H groups in total. The third-order valence-electron chi connectivity index (χ3n) is 3.29. The molecule has 5 heteroatoms. The van der Waals surface area contributed by atoms with Gasteiger partial charge in [-0.3, -0.25) is 4.79 Å². The normalized spacial score (nSPS) is 13.8. The van der Waals surface area contributed by atoms with Gasteiger partial charge in [-0.1, -0.05) is 18.7 Å². The Kier molecular flexibility index (Phi) is 3.17. The van der Waals surface area contributed by atoms with E-state index in [0.717, 1.165) is 0 Å². The first-order valence-corrected chi connectivity index (χ1v) is 6.42. The lowest BCUT2D eigenvalue weighted by molar-refractivity contribution is 0.0952. The topological polar surface area (TPSA) is 59.3 Å². The molecule has 4 nitrogen and oxygen atoms in total. The number of rotatable bonds is 2. The third kappa shape index (κ3) is 2.63. The lowest BCUT2D eigenvalue weighted by Crippen LogP contribution is -2.32. The van der Waals surface area contributed by atoms with Crippen molar-refractivity contribution < 1.29 is 13.6 Å². The molecule has 0 aliphatic carbocycles. The Hall–Kier alpha value is -2.69. The average Bonchev–Trinajstić information content (AvgIpc) is 2.36. The Labute approximate surface area is 119 Å². The van der Waals surface area contributed by atoms with Gasteiger partial charge in [0.1, 0.15) is 11.6 Å². The minimum absolute atomic E-state index is 0.283. The van der Waals surface area contributed by atoms with Crippen LogP contribution in [0.5, 0.6) is 0 Å². The highest BCUT2D eigenvalue weighted by Gasteiger charge is 2.25. The summed E-state index contributed by atoms with van der Waals surface area (Å²) in [5.74, 6) is -0.402. The highest BCUT2D eigenvalue weighted by atomic mass is 19.1. The van der Waals surface area contributed by atoms with Gasteiger partial charge in [-0.2, -0.15) is 0 Å². The summed E-state index contributed by atoms with van der Waals surface area (Å²) in [6, 6.07) is 7.32. The number of carbonyl (C=O) groups excluding carboxylic acids is 1. The second kappa shape index (κ2) is 5.01. The number of benzene rings is 1. The fraction of sp³-hybridized carbons (Fsp3) is 0.125. The van der Waals surface area contributed by atoms with Gasteiger partial charge in [-0.05, 0) is 29.7 Å². The van der Waals surface area contributed by atoms with Crippen LogP contribution >= 0.6 is 0 Å². The van der Waals surface area contributed by atoms with Crippen LogP contribution in [0.15, 0.2) is 51.8 Å². The Balaban J connectivity index is 2.09. The highest BCUT2D eigenvalue weighted by Crippen LogP contribution is 2.22. The zero-order valence-electron chi connectivity index (χ0n) is 11.1. The standard InChI is InChI=1S/C16H12FNO3/c1-9-5-13-15(16(20)18-9)11(8-14(19)21-13)6-10-3-2-4-12(17)7-10/h2-4,7-8H,1,5-6H2,(H,18,20). The Morgan fingerprint density at radius 3 is 2.86 bits per heavy atom. The van der Waals surface area contributed by atoms with Crippen molar-refractivity contribution in [2.75, 3.05) is 0 Å². The molecule has 0 unspecified atom stereocenters. The van der Waals surface area contributed by atoms with Crippen molar-refractivity contribution in [3.8, 4) is 0 Å². The van der Waals surface area contributed by atoms with Crippen molar-refractivity contribution in [2.45, 2.75) is 12.8 Å². The lowest BCUT2D eigenvalue weighted by atomic mass is 9.96. The van der Waals surface area contributed by atoms with E-state index in [1.807, 2.05) is 0 Å². The van der Waals surface area contributed by atoms with Crippen molar-refractivity contribution in [2.24, 2.45) is 0 Å². The molecule has 0 atom stereocenters. The van der Waals surface area contributed by atoms with Gasteiger partial charge in [-0.15, -0.1) is 0 Å². The third-order valence-corrected chi connectivity index (χ3v) is 3.29. The van der Waals surface area contributed by atoms with Crippen molar-refractivity contribution in [1.29, 1.82) is 0 Å². The Morgan fingerprint density at radius 1 is 1.29 bits per heavy atom. The van der Waals surface area contributed by atoms with Crippen LogP contribution in [0, 0.1) is 5.82 Å². The van der Waals surface area contributed by atoms with Crippen LogP contribution in [0.25, 0.3) is 0 Å². The zero-order valence-corrected chi connectivity index (χ0v) is 11.1. The van der Waals surface area contributed by atoms with Crippen molar-refractivity contribution in [3.05, 3.63) is 81.3 Å². The van der Waals surface area contributed by atoms with E-state index in [9.17, 15) is 14.0 Å². The summed E-state index contributed by atoms with van der Waals surface area (Å²) < 4.78 is 18.3. The van der Waals surface area contributed by atoms with Crippen molar-refractivity contribution in [1.82, 2.24) is 5.32 Å². The zero-order chi connectivity index (χ0) is 15.0. The summed E-state index contributed by atoms with van der Waals surface area (Å²) in [5.41, 5.74) is 1.50. The van der Waals surface area contributed by atoms with Crippen LogP contribution in [0.4, 0.5) is 4.39 Å². The molecular weight excluding hydrogens is 273 g/mol. The predicted octanol–water partition coefficient (Wildman–Crippen LogP) is 2.17. The summed E-state index contributed by atoms with van der Waals surface area (Å²) in [5, 5.41) is 2.62. The van der Waals surface area contributed by atoms with E-state index in [1.165, 1.54) is 18.2 Å². The van der Waals surface area contributed by atoms with Crippen LogP contribution < -0.4 is 10.9 Å². The van der Waals surface area contributed by atoms with E-state index in [2.05, 4.69) is 11.9 Å². The summed E-state index contributed by atoms with van der Waals surface area (Å²) in [4.78, 5) is 23.7. The number of fused-ring (bicyclic) bond motifs is 1. The second-order valence-electron chi connectivity index (χ2n) is 4.93. The molecule has 0 radical (unpaired) electrons. The summed E-state index contributed by atoms with van der Waals surface area (Å²) in [6.45, 7) is 3.67. The van der Waals surface area contributed by atoms with Gasteiger partial charge in [0.05, 0.1) is 5.56 Å². The fourth-order valence-corrected chi connectivity index (χ4v) is 2.46. The van der Waals surface area contributed by atoms with E-state index in [1.54, 1.807) is 12.1 Å². The molecule has 1 aromatic carbocycles. The van der Waals surface area contributed by atoms with Crippen LogP contribution in [0.1, 0.15) is 27.2 Å². The number of allylic oxidation sites excluding steroid dienone is 1. The first-order chi connectivity index (χ1) is 10.0. The minimum Gasteiger partial charge on any atom is -0.427 e. The first-order valence-electron chi connectivity index (χ1n) is 6.42. The molecule has 1 amide bonds. The van der Waals surface area contributed by atoms with Gasteiger partial charge < -0.3 is 9.73 Å². The van der Waals surface area contributed by atoms with E-state index < -0.39 is 5.63 Å². The molecule has 21 heavy (non-hydrogen) atoms. The highest BCUT2D eigenvalue weighted by molar-refractivity contribution is 5.99. The molecule has 2 heterocycles. The molecule has 0 saturated carbocycles. The molecule has 0 spiro atoms. The maximum Gasteiger partial charge on any atom is 0.336 e. The van der Waals surface area contributed by atoms with Gasteiger partial charge >= 0.3 is 5.63 Å². The van der Waals surface area contributed by atoms with Crippen LogP contribution in [-0.2, 0) is 12.8 Å². The minimum atomic E-state index is -0.525.